The van der Waals surface area contributed by atoms with Gasteiger partial charge in [0.2, 0.25) is 5.91 Å². The number of nitrogens with zero attached hydrogens (tertiary/aromatic N) is 5. The lowest BCUT2D eigenvalue weighted by molar-refractivity contribution is -0.141. The smallest absolute Gasteiger partial charge is 0.339 e. The van der Waals surface area contributed by atoms with E-state index in [2.05, 4.69) is 15.2 Å². The third-order valence-corrected chi connectivity index (χ3v) is 5.69. The number of aromatic nitrogens is 4. The monoisotopic (exact) mass is 413 g/mol. The van der Waals surface area contributed by atoms with Crippen LogP contribution in [0.5, 0.6) is 0 Å². The lowest BCUT2D eigenvalue weighted by Gasteiger charge is -2.35. The van der Waals surface area contributed by atoms with Gasteiger partial charge in [0.1, 0.15) is 6.54 Å². The maximum atomic E-state index is 13.1. The summed E-state index contributed by atoms with van der Waals surface area (Å²) < 4.78 is 40.3. The summed E-state index contributed by atoms with van der Waals surface area (Å²) in [6.07, 6.45) is 2.47. The quantitative estimate of drug-likeness (QED) is 0.675. The summed E-state index contributed by atoms with van der Waals surface area (Å²) in [4.78, 5) is 18.4. The van der Waals surface area contributed by atoms with Crippen molar-refractivity contribution in [3.05, 3.63) is 24.5 Å². The molecule has 0 aromatic carbocycles. The van der Waals surface area contributed by atoms with Crippen LogP contribution < -0.4 is 0 Å². The van der Waals surface area contributed by atoms with Gasteiger partial charge in [-0.25, -0.2) is 0 Å². The SMILES string of the molecule is CCC1CCCCN1C(=O)CSc1nnc(-c2ccncc2)n1CC(F)(F)F. The molecule has 3 rings (SSSR count). The molecule has 28 heavy (non-hydrogen) atoms. The summed E-state index contributed by atoms with van der Waals surface area (Å²) in [5.74, 6) is 0.0886. The highest BCUT2D eigenvalue weighted by molar-refractivity contribution is 7.99. The first-order valence-corrected chi connectivity index (χ1v) is 10.2. The Morgan fingerprint density at radius 3 is 2.68 bits per heavy atom. The van der Waals surface area contributed by atoms with Crippen molar-refractivity contribution in [2.75, 3.05) is 12.3 Å². The van der Waals surface area contributed by atoms with Gasteiger partial charge in [-0.05, 0) is 37.8 Å². The van der Waals surface area contributed by atoms with Crippen LogP contribution in [-0.4, -0.2) is 55.1 Å². The number of halogens is 3. The number of hydrogen-bond donors (Lipinski definition) is 0. The highest BCUT2D eigenvalue weighted by atomic mass is 32.2. The molecule has 1 saturated heterocycles. The largest absolute Gasteiger partial charge is 0.406 e. The van der Waals surface area contributed by atoms with Crippen molar-refractivity contribution in [1.82, 2.24) is 24.6 Å². The Hall–Kier alpha value is -2.10. The molecule has 1 aliphatic rings. The second-order valence-electron chi connectivity index (χ2n) is 6.68. The van der Waals surface area contributed by atoms with Gasteiger partial charge in [0, 0.05) is 30.5 Å². The summed E-state index contributed by atoms with van der Waals surface area (Å²) in [7, 11) is 0. The van der Waals surface area contributed by atoms with E-state index in [0.29, 0.717) is 12.1 Å². The van der Waals surface area contributed by atoms with E-state index in [1.165, 1.54) is 12.4 Å². The molecule has 0 saturated carbocycles. The predicted octanol–water partition coefficient (Wildman–Crippen LogP) is 3.79. The average molecular weight is 413 g/mol. The van der Waals surface area contributed by atoms with E-state index in [0.717, 1.165) is 42.0 Å². The Balaban J connectivity index is 1.78. The van der Waals surface area contributed by atoms with Gasteiger partial charge in [-0.15, -0.1) is 10.2 Å². The summed E-state index contributed by atoms with van der Waals surface area (Å²) in [6, 6.07) is 3.37. The maximum absolute atomic E-state index is 13.1. The number of amides is 1. The molecular weight excluding hydrogens is 391 g/mol. The Morgan fingerprint density at radius 1 is 1.25 bits per heavy atom. The molecule has 0 bridgehead atoms. The molecule has 2 aromatic rings. The van der Waals surface area contributed by atoms with E-state index in [9.17, 15) is 18.0 Å². The fraction of sp³-hybridized carbons (Fsp3) is 0.556. The molecule has 0 radical (unpaired) electrons. The van der Waals surface area contributed by atoms with Crippen LogP contribution in [0.3, 0.4) is 0 Å². The van der Waals surface area contributed by atoms with E-state index >= 15 is 0 Å². The zero-order chi connectivity index (χ0) is 20.1. The van der Waals surface area contributed by atoms with E-state index in [4.69, 9.17) is 0 Å². The first kappa shape index (κ1) is 20.6. The third-order valence-electron chi connectivity index (χ3n) is 4.74. The number of likely N-dealkylation sites (tertiary alicyclic amines) is 1. The number of piperidine rings is 1. The fourth-order valence-electron chi connectivity index (χ4n) is 3.39. The van der Waals surface area contributed by atoms with E-state index in [1.54, 1.807) is 12.1 Å². The van der Waals surface area contributed by atoms with E-state index < -0.39 is 12.7 Å². The van der Waals surface area contributed by atoms with Crippen molar-refractivity contribution >= 4 is 17.7 Å². The molecule has 0 spiro atoms. The molecule has 1 fully saturated rings. The molecule has 6 nitrogen and oxygen atoms in total. The van der Waals surface area contributed by atoms with E-state index in [1.807, 2.05) is 11.8 Å². The van der Waals surface area contributed by atoms with Gasteiger partial charge in [-0.3, -0.25) is 14.3 Å². The van der Waals surface area contributed by atoms with Gasteiger partial charge in [-0.1, -0.05) is 18.7 Å². The van der Waals surface area contributed by atoms with Crippen LogP contribution in [-0.2, 0) is 11.3 Å². The number of rotatable bonds is 6. The average Bonchev–Trinajstić information content (AvgIpc) is 3.07. The molecule has 1 amide bonds. The topological polar surface area (TPSA) is 63.9 Å². The van der Waals surface area contributed by atoms with Crippen LogP contribution in [0.15, 0.2) is 29.7 Å². The minimum atomic E-state index is -4.43. The molecule has 1 unspecified atom stereocenters. The first-order chi connectivity index (χ1) is 13.4. The molecule has 1 atom stereocenters. The van der Waals surface area contributed by atoms with E-state index in [-0.39, 0.29) is 28.7 Å². The zero-order valence-corrected chi connectivity index (χ0v) is 16.3. The molecular formula is C18H22F3N5OS. The predicted molar refractivity (Wildman–Crippen MR) is 99.7 cm³/mol. The molecule has 0 N–H and O–H groups in total. The lowest BCUT2D eigenvalue weighted by Crippen LogP contribution is -2.44. The standard InChI is InChI=1S/C18H22F3N5OS/c1-2-14-5-3-4-10-25(14)15(27)11-28-17-24-23-16(13-6-8-22-9-7-13)26(17)12-18(19,20)21/h6-9,14H,2-5,10-12H2,1H3. The van der Waals surface area contributed by atoms with Gasteiger partial charge in [-0.2, -0.15) is 13.2 Å². The summed E-state index contributed by atoms with van der Waals surface area (Å²) in [5, 5.41) is 7.94. The lowest BCUT2D eigenvalue weighted by atomic mass is 10.0. The second-order valence-corrected chi connectivity index (χ2v) is 7.62. The number of pyridine rings is 1. The molecule has 1 aliphatic heterocycles. The summed E-state index contributed by atoms with van der Waals surface area (Å²) in [6.45, 7) is 1.54. The van der Waals surface area contributed by atoms with Gasteiger partial charge in [0.15, 0.2) is 11.0 Å². The molecule has 3 heterocycles. The highest BCUT2D eigenvalue weighted by Gasteiger charge is 2.32. The van der Waals surface area contributed by atoms with Crippen LogP contribution in [0, 0.1) is 0 Å². The Kier molecular flexibility index (Phi) is 6.58. The van der Waals surface area contributed by atoms with Gasteiger partial charge in [0.05, 0.1) is 5.75 Å². The number of hydrogen-bond acceptors (Lipinski definition) is 5. The van der Waals surface area contributed by atoms with Crippen molar-refractivity contribution in [3.63, 3.8) is 0 Å². The molecule has 2 aromatic heterocycles. The van der Waals surface area contributed by atoms with Crippen LogP contribution in [0.25, 0.3) is 11.4 Å². The van der Waals surface area contributed by atoms with Crippen molar-refractivity contribution in [2.45, 2.75) is 56.5 Å². The number of carbonyl (C=O) groups is 1. The number of carbonyl (C=O) groups excluding carboxylic acids is 1. The molecule has 0 aliphatic carbocycles. The fourth-order valence-corrected chi connectivity index (χ4v) is 4.22. The maximum Gasteiger partial charge on any atom is 0.406 e. The van der Waals surface area contributed by atoms with Crippen molar-refractivity contribution < 1.29 is 18.0 Å². The van der Waals surface area contributed by atoms with Crippen LogP contribution in [0.2, 0.25) is 0 Å². The van der Waals surface area contributed by atoms with Crippen LogP contribution >= 0.6 is 11.8 Å². The normalized spacial score (nSPS) is 17.7. The molecule has 152 valence electrons. The summed E-state index contributed by atoms with van der Waals surface area (Å²) in [5.41, 5.74) is 0.493. The summed E-state index contributed by atoms with van der Waals surface area (Å²) >= 11 is 1.00. The minimum absolute atomic E-state index is 0.0445. The number of alkyl halides is 3. The highest BCUT2D eigenvalue weighted by Crippen LogP contribution is 2.29. The van der Waals surface area contributed by atoms with Gasteiger partial charge >= 0.3 is 6.18 Å². The van der Waals surface area contributed by atoms with Gasteiger partial charge in [0.25, 0.3) is 0 Å². The van der Waals surface area contributed by atoms with Gasteiger partial charge < -0.3 is 4.90 Å². The van der Waals surface area contributed by atoms with Crippen LogP contribution in [0.1, 0.15) is 32.6 Å². The second kappa shape index (κ2) is 8.93. The van der Waals surface area contributed by atoms with Crippen molar-refractivity contribution in [1.29, 1.82) is 0 Å². The third kappa shape index (κ3) is 5.03. The zero-order valence-electron chi connectivity index (χ0n) is 15.5. The Bertz CT molecular complexity index is 796. The van der Waals surface area contributed by atoms with Crippen molar-refractivity contribution in [2.24, 2.45) is 0 Å². The molecule has 10 heteroatoms. The van der Waals surface area contributed by atoms with Crippen LogP contribution in [0.4, 0.5) is 13.2 Å². The minimum Gasteiger partial charge on any atom is -0.339 e. The Morgan fingerprint density at radius 2 is 2.00 bits per heavy atom. The van der Waals surface area contributed by atoms with Crippen molar-refractivity contribution in [3.8, 4) is 11.4 Å². The first-order valence-electron chi connectivity index (χ1n) is 9.21. The Labute approximate surface area is 165 Å². The number of thioether (sulfide) groups is 1.